The minimum Gasteiger partial charge on any atom is -0.341 e. The van der Waals surface area contributed by atoms with E-state index in [1.165, 1.54) is 17.0 Å². The molecule has 0 N–H and O–H groups in total. The molecule has 0 bridgehead atoms. The van der Waals surface area contributed by atoms with Crippen molar-refractivity contribution < 1.29 is 0 Å². The highest BCUT2D eigenvalue weighted by Gasteiger charge is 2.57. The van der Waals surface area contributed by atoms with Gasteiger partial charge in [0, 0.05) is 11.1 Å². The Morgan fingerprint density at radius 1 is 1.08 bits per heavy atom. The van der Waals surface area contributed by atoms with Gasteiger partial charge in [0.1, 0.15) is 6.17 Å². The van der Waals surface area contributed by atoms with Crippen LogP contribution >= 0.6 is 0 Å². The second kappa shape index (κ2) is 5.27. The van der Waals surface area contributed by atoms with Crippen LogP contribution in [0.2, 0.25) is 0 Å². The van der Waals surface area contributed by atoms with Gasteiger partial charge in [-0.1, -0.05) is 63.4 Å². The van der Waals surface area contributed by atoms with E-state index in [0.29, 0.717) is 6.04 Å². The lowest BCUT2D eigenvalue weighted by Crippen LogP contribution is -2.45. The summed E-state index contributed by atoms with van der Waals surface area (Å²) in [6.45, 7) is 12.9. The number of fused-ring (bicyclic) bond motifs is 3. The van der Waals surface area contributed by atoms with Crippen LogP contribution in [-0.2, 0) is 0 Å². The normalized spacial score (nSPS) is 27.0. The molecule has 1 aromatic rings. The quantitative estimate of drug-likeness (QED) is 0.773. The Kier molecular flexibility index (Phi) is 3.31. The summed E-state index contributed by atoms with van der Waals surface area (Å²) in [5.41, 5.74) is 5.11. The van der Waals surface area contributed by atoms with Crippen LogP contribution in [0.3, 0.4) is 0 Å². The number of benzene rings is 1. The lowest BCUT2D eigenvalue weighted by molar-refractivity contribution is 0.230. The predicted molar refractivity (Wildman–Crippen MR) is 101 cm³/mol. The Morgan fingerprint density at radius 2 is 1.79 bits per heavy atom. The van der Waals surface area contributed by atoms with Crippen molar-refractivity contribution in [1.82, 2.24) is 4.90 Å². The van der Waals surface area contributed by atoms with E-state index in [-0.39, 0.29) is 11.6 Å². The highest BCUT2D eigenvalue weighted by Crippen LogP contribution is 2.55. The minimum atomic E-state index is 0.0459. The number of rotatable bonds is 3. The van der Waals surface area contributed by atoms with Gasteiger partial charge < -0.3 is 9.80 Å². The van der Waals surface area contributed by atoms with Gasteiger partial charge in [0.25, 0.3) is 0 Å². The summed E-state index contributed by atoms with van der Waals surface area (Å²) in [6.07, 6.45) is 12.0. The third-order valence-corrected chi connectivity index (χ3v) is 5.58. The first-order valence-electron chi connectivity index (χ1n) is 8.60. The summed E-state index contributed by atoms with van der Waals surface area (Å²) in [6, 6.07) is 11.0. The third-order valence-electron chi connectivity index (χ3n) is 5.58. The SMILES string of the molecule is C=CC1=C(C=C)N2C3CC=CC=C3C(C)(C)C2N1c1ccccc1. The number of allylic oxidation sites excluding steroid dienone is 4. The molecule has 2 unspecified atom stereocenters. The summed E-state index contributed by atoms with van der Waals surface area (Å²) < 4.78 is 0. The predicted octanol–water partition coefficient (Wildman–Crippen LogP) is 5.01. The summed E-state index contributed by atoms with van der Waals surface area (Å²) in [5, 5.41) is 0. The van der Waals surface area contributed by atoms with Crippen molar-refractivity contribution in [2.24, 2.45) is 5.41 Å². The van der Waals surface area contributed by atoms with Crippen molar-refractivity contribution in [3.63, 3.8) is 0 Å². The molecule has 2 heterocycles. The van der Waals surface area contributed by atoms with E-state index in [4.69, 9.17) is 0 Å². The van der Waals surface area contributed by atoms with Crippen molar-refractivity contribution in [3.05, 3.63) is 90.8 Å². The average molecular weight is 316 g/mol. The molecular formula is C22H24N2. The fraction of sp³-hybridized carbons (Fsp3) is 0.273. The van der Waals surface area contributed by atoms with Crippen LogP contribution < -0.4 is 4.90 Å². The zero-order chi connectivity index (χ0) is 16.9. The van der Waals surface area contributed by atoms with Crippen molar-refractivity contribution in [1.29, 1.82) is 0 Å². The molecule has 1 aliphatic carbocycles. The topological polar surface area (TPSA) is 6.48 Å². The van der Waals surface area contributed by atoms with Gasteiger partial charge in [0.15, 0.2) is 0 Å². The van der Waals surface area contributed by atoms with Crippen LogP contribution in [0.4, 0.5) is 5.69 Å². The molecule has 2 atom stereocenters. The number of nitrogens with zero attached hydrogens (tertiary/aromatic N) is 2. The number of para-hydroxylation sites is 1. The molecule has 3 aliphatic rings. The van der Waals surface area contributed by atoms with E-state index in [1.54, 1.807) is 0 Å². The number of anilines is 1. The van der Waals surface area contributed by atoms with Crippen LogP contribution in [0.15, 0.2) is 90.8 Å². The summed E-state index contributed by atoms with van der Waals surface area (Å²) in [4.78, 5) is 4.98. The smallest absolute Gasteiger partial charge is 0.116 e. The lowest BCUT2D eigenvalue weighted by atomic mass is 9.79. The molecule has 0 spiro atoms. The summed E-state index contributed by atoms with van der Waals surface area (Å²) >= 11 is 0. The minimum absolute atomic E-state index is 0.0459. The van der Waals surface area contributed by atoms with Gasteiger partial charge in [0.2, 0.25) is 0 Å². The maximum Gasteiger partial charge on any atom is 0.116 e. The van der Waals surface area contributed by atoms with Gasteiger partial charge in [-0.2, -0.15) is 0 Å². The van der Waals surface area contributed by atoms with Crippen molar-refractivity contribution in [2.75, 3.05) is 4.90 Å². The summed E-state index contributed by atoms with van der Waals surface area (Å²) in [7, 11) is 0. The molecule has 1 fully saturated rings. The largest absolute Gasteiger partial charge is 0.341 e. The highest BCUT2D eigenvalue weighted by molar-refractivity contribution is 5.64. The van der Waals surface area contributed by atoms with Crippen LogP contribution in [0.1, 0.15) is 20.3 Å². The Hall–Kier alpha value is -2.48. The molecule has 4 rings (SSSR count). The van der Waals surface area contributed by atoms with Crippen molar-refractivity contribution in [3.8, 4) is 0 Å². The van der Waals surface area contributed by atoms with Crippen molar-refractivity contribution >= 4 is 5.69 Å². The first kappa shape index (κ1) is 15.1. The first-order valence-corrected chi connectivity index (χ1v) is 8.60. The van der Waals surface area contributed by atoms with Gasteiger partial charge >= 0.3 is 0 Å². The van der Waals surface area contributed by atoms with Crippen LogP contribution in [0.5, 0.6) is 0 Å². The van der Waals surface area contributed by atoms with Gasteiger partial charge in [-0.15, -0.1) is 0 Å². The van der Waals surface area contributed by atoms with Crippen molar-refractivity contribution in [2.45, 2.75) is 32.5 Å². The number of hydrogen-bond donors (Lipinski definition) is 0. The molecule has 122 valence electrons. The lowest BCUT2D eigenvalue weighted by Gasteiger charge is -2.37. The Bertz CT molecular complexity index is 779. The molecule has 0 saturated carbocycles. The van der Waals surface area contributed by atoms with E-state index in [0.717, 1.165) is 12.1 Å². The maximum absolute atomic E-state index is 4.10. The van der Waals surface area contributed by atoms with E-state index in [9.17, 15) is 0 Å². The highest BCUT2D eigenvalue weighted by atomic mass is 15.5. The van der Waals surface area contributed by atoms with Gasteiger partial charge in [-0.25, -0.2) is 0 Å². The van der Waals surface area contributed by atoms with Crippen LogP contribution in [-0.4, -0.2) is 17.1 Å². The molecule has 1 saturated heterocycles. The average Bonchev–Trinajstić information content (AvgIpc) is 3.07. The second-order valence-corrected chi connectivity index (χ2v) is 7.19. The zero-order valence-corrected chi connectivity index (χ0v) is 14.4. The van der Waals surface area contributed by atoms with Crippen LogP contribution in [0, 0.1) is 5.41 Å². The van der Waals surface area contributed by atoms with E-state index in [2.05, 4.69) is 85.4 Å². The van der Waals surface area contributed by atoms with Gasteiger partial charge in [0.05, 0.1) is 17.4 Å². The Balaban J connectivity index is 1.94. The summed E-state index contributed by atoms with van der Waals surface area (Å²) in [5.74, 6) is 0. The van der Waals surface area contributed by atoms with Gasteiger partial charge in [-0.3, -0.25) is 0 Å². The fourth-order valence-electron chi connectivity index (χ4n) is 4.61. The third kappa shape index (κ3) is 1.83. The Morgan fingerprint density at radius 3 is 2.46 bits per heavy atom. The molecule has 0 radical (unpaired) electrons. The molecule has 2 aliphatic heterocycles. The van der Waals surface area contributed by atoms with E-state index >= 15 is 0 Å². The Labute approximate surface area is 144 Å². The molecule has 0 amide bonds. The van der Waals surface area contributed by atoms with E-state index < -0.39 is 0 Å². The fourth-order valence-corrected chi connectivity index (χ4v) is 4.61. The molecular weight excluding hydrogens is 292 g/mol. The van der Waals surface area contributed by atoms with E-state index in [1.807, 2.05) is 12.2 Å². The molecule has 2 nitrogen and oxygen atoms in total. The molecule has 24 heavy (non-hydrogen) atoms. The number of hydrogen-bond acceptors (Lipinski definition) is 2. The monoisotopic (exact) mass is 316 g/mol. The second-order valence-electron chi connectivity index (χ2n) is 7.19. The zero-order valence-electron chi connectivity index (χ0n) is 14.4. The van der Waals surface area contributed by atoms with Crippen LogP contribution in [0.25, 0.3) is 0 Å². The molecule has 0 aromatic heterocycles. The standard InChI is InChI=1S/C22H24N2/c1-5-18-19(6-2)24-20-15-11-10-14-17(20)22(3,4)21(24)23(18)16-12-8-7-9-13-16/h5-14,20-21H,1-2,15H2,3-4H3. The first-order chi connectivity index (χ1) is 11.6. The molecule has 1 aromatic carbocycles. The maximum atomic E-state index is 4.10. The van der Waals surface area contributed by atoms with Gasteiger partial charge in [-0.05, 0) is 36.3 Å². The molecule has 2 heteroatoms.